The number of aliphatic hydroxyl groups is 3. The fourth-order valence-corrected chi connectivity index (χ4v) is 2.62. The third-order valence-corrected chi connectivity index (χ3v) is 3.77. The molecule has 2 heterocycles. The normalized spacial score (nSPS) is 27.1. The zero-order valence-corrected chi connectivity index (χ0v) is 14.3. The van der Waals surface area contributed by atoms with Gasteiger partial charge < -0.3 is 25.8 Å². The van der Waals surface area contributed by atoms with Crippen molar-refractivity contribution in [2.24, 2.45) is 0 Å². The Morgan fingerprint density at radius 2 is 1.96 bits per heavy atom. The van der Waals surface area contributed by atoms with Crippen LogP contribution in [-0.4, -0.2) is 50.0 Å². The van der Waals surface area contributed by atoms with Gasteiger partial charge in [0.05, 0.1) is 17.4 Å². The maximum Gasteiger partial charge on any atom is 1.00 e. The third kappa shape index (κ3) is 2.85. The maximum absolute atomic E-state index is 12.5. The smallest absolute Gasteiger partial charge is 0.398 e. The Bertz CT molecular complexity index is 835. The summed E-state index contributed by atoms with van der Waals surface area (Å²) in [6.07, 6.45) is -5.20. The average molecular weight is 332 g/mol. The van der Waals surface area contributed by atoms with Crippen molar-refractivity contribution in [1.29, 1.82) is 0 Å². The molecule has 0 saturated carbocycles. The van der Waals surface area contributed by atoms with Gasteiger partial charge in [-0.3, -0.25) is 14.7 Å². The van der Waals surface area contributed by atoms with Crippen molar-refractivity contribution in [2.75, 3.05) is 12.3 Å². The topological polar surface area (TPSA) is 151 Å². The molecule has 9 nitrogen and oxygen atoms in total. The summed E-state index contributed by atoms with van der Waals surface area (Å²) in [5.74, 6) is 0. The van der Waals surface area contributed by atoms with Crippen LogP contribution in [0.1, 0.15) is 6.23 Å². The molecule has 2 aromatic rings. The molecule has 0 aliphatic carbocycles. The molecule has 23 heavy (non-hydrogen) atoms. The molecule has 4 atom stereocenters. The number of rotatable bonds is 2. The molecule has 0 unspecified atom stereocenters. The van der Waals surface area contributed by atoms with Crippen LogP contribution in [0.5, 0.6) is 0 Å². The van der Waals surface area contributed by atoms with Gasteiger partial charge in [0, 0.05) is 5.69 Å². The summed E-state index contributed by atoms with van der Waals surface area (Å²) in [5, 5.41) is 31.2. The number of nitrogens with zero attached hydrogens (tertiary/aromatic N) is 1. The van der Waals surface area contributed by atoms with Crippen LogP contribution >= 0.6 is 0 Å². The molecule has 118 valence electrons. The van der Waals surface area contributed by atoms with E-state index in [0.717, 1.165) is 4.68 Å². The number of fused-ring (bicyclic) bond motifs is 1. The Kier molecular flexibility index (Phi) is 5.31. The second-order valence-corrected chi connectivity index (χ2v) is 5.11. The Labute approximate surface area is 151 Å². The summed E-state index contributed by atoms with van der Waals surface area (Å²) < 4.78 is 6.05. The number of aromatic nitrogens is 2. The molecule has 1 aliphatic heterocycles. The summed E-state index contributed by atoms with van der Waals surface area (Å²) in [5.41, 5.74) is 4.61. The molecule has 0 bridgehead atoms. The second kappa shape index (κ2) is 6.73. The molecule has 0 amide bonds. The molecular formula is C13H15N3NaO6+. The number of nitrogens with two attached hydrogens (primary N) is 1. The van der Waals surface area contributed by atoms with E-state index in [0.29, 0.717) is 0 Å². The maximum atomic E-state index is 12.5. The molecule has 1 aromatic carbocycles. The predicted molar refractivity (Wildman–Crippen MR) is 76.3 cm³/mol. The number of H-pyrrole nitrogens is 1. The number of aliphatic hydroxyl groups excluding tert-OH is 3. The van der Waals surface area contributed by atoms with Crippen molar-refractivity contribution < 1.29 is 49.6 Å². The van der Waals surface area contributed by atoms with Gasteiger partial charge in [0.25, 0.3) is 11.1 Å². The van der Waals surface area contributed by atoms with Gasteiger partial charge in [0.1, 0.15) is 18.3 Å². The van der Waals surface area contributed by atoms with Gasteiger partial charge in [0.15, 0.2) is 6.23 Å². The zero-order valence-electron chi connectivity index (χ0n) is 12.3. The molecule has 1 aromatic heterocycles. The summed E-state index contributed by atoms with van der Waals surface area (Å²) in [6.45, 7) is -0.533. The number of nitrogen functional groups attached to an aromatic ring is 1. The van der Waals surface area contributed by atoms with Crippen LogP contribution in [0.3, 0.4) is 0 Å². The predicted octanol–water partition coefficient (Wildman–Crippen LogP) is -5.11. The largest absolute Gasteiger partial charge is 1.00 e. The monoisotopic (exact) mass is 332 g/mol. The first kappa shape index (κ1) is 18.1. The second-order valence-electron chi connectivity index (χ2n) is 5.11. The Hall–Kier alpha value is -1.20. The van der Waals surface area contributed by atoms with Crippen LogP contribution in [-0.2, 0) is 4.74 Å². The fraction of sp³-hybridized carbons (Fsp3) is 0.385. The van der Waals surface area contributed by atoms with Crippen molar-refractivity contribution in [3.05, 3.63) is 38.9 Å². The number of benzene rings is 1. The number of nitrogens with one attached hydrogen (secondary N) is 1. The average Bonchev–Trinajstić information content (AvgIpc) is 2.78. The van der Waals surface area contributed by atoms with Gasteiger partial charge in [-0.25, -0.2) is 4.68 Å². The standard InChI is InChI=1S/C13H15N3O6.Na/c14-6-3-1-2-5-8(6)11(20)15-16(12(5)21)13-10(19)9(18)7(4-17)22-13;/h1-3,7,9-10,13,17-19H,4,14H2,(H,15,20);/q;+1/t7-,9-,10-,13-;/m1./s1. The number of hydrogen-bond acceptors (Lipinski definition) is 7. The molecule has 0 radical (unpaired) electrons. The number of aromatic amines is 1. The summed E-state index contributed by atoms with van der Waals surface area (Å²) in [7, 11) is 0. The van der Waals surface area contributed by atoms with Gasteiger partial charge in [-0.15, -0.1) is 0 Å². The van der Waals surface area contributed by atoms with E-state index < -0.39 is 42.3 Å². The molecule has 0 spiro atoms. The van der Waals surface area contributed by atoms with Crippen LogP contribution in [0.4, 0.5) is 5.69 Å². The van der Waals surface area contributed by atoms with E-state index in [9.17, 15) is 19.8 Å². The van der Waals surface area contributed by atoms with Crippen LogP contribution in [0.15, 0.2) is 27.8 Å². The van der Waals surface area contributed by atoms with Gasteiger partial charge >= 0.3 is 29.6 Å². The molecule has 1 aliphatic rings. The summed E-state index contributed by atoms with van der Waals surface area (Å²) in [4.78, 5) is 24.6. The first-order chi connectivity index (χ1) is 10.5. The van der Waals surface area contributed by atoms with Crippen LogP contribution < -0.4 is 46.4 Å². The van der Waals surface area contributed by atoms with Crippen molar-refractivity contribution in [2.45, 2.75) is 24.5 Å². The Morgan fingerprint density at radius 1 is 1.26 bits per heavy atom. The van der Waals surface area contributed by atoms with E-state index >= 15 is 0 Å². The number of hydrogen-bond donors (Lipinski definition) is 5. The van der Waals surface area contributed by atoms with Gasteiger partial charge in [-0.2, -0.15) is 0 Å². The van der Waals surface area contributed by atoms with Gasteiger partial charge in [-0.05, 0) is 12.1 Å². The van der Waals surface area contributed by atoms with E-state index in [-0.39, 0.29) is 46.0 Å². The fourth-order valence-electron chi connectivity index (χ4n) is 2.62. The van der Waals surface area contributed by atoms with Gasteiger partial charge in [0.2, 0.25) is 0 Å². The minimum Gasteiger partial charge on any atom is -0.398 e. The molecular weight excluding hydrogens is 317 g/mol. The third-order valence-electron chi connectivity index (χ3n) is 3.77. The van der Waals surface area contributed by atoms with E-state index in [2.05, 4.69) is 5.10 Å². The molecule has 3 rings (SSSR count). The summed E-state index contributed by atoms with van der Waals surface area (Å²) in [6, 6.07) is 4.45. The van der Waals surface area contributed by atoms with E-state index in [1.54, 1.807) is 0 Å². The van der Waals surface area contributed by atoms with E-state index in [1.165, 1.54) is 18.2 Å². The first-order valence-corrected chi connectivity index (χ1v) is 6.61. The van der Waals surface area contributed by atoms with Crippen molar-refractivity contribution in [3.63, 3.8) is 0 Å². The van der Waals surface area contributed by atoms with E-state index in [4.69, 9.17) is 15.6 Å². The van der Waals surface area contributed by atoms with Gasteiger partial charge in [-0.1, -0.05) is 6.07 Å². The Balaban J connectivity index is 0.00000192. The first-order valence-electron chi connectivity index (χ1n) is 6.61. The van der Waals surface area contributed by atoms with E-state index in [1.807, 2.05) is 0 Å². The SMILES string of the molecule is Nc1cccc2c(=O)n([C@@H]3O[C@H](CO)[C@@H](O)[C@H]3O)[nH]c(=O)c12.[Na+]. The van der Waals surface area contributed by atoms with Crippen molar-refractivity contribution in [3.8, 4) is 0 Å². The molecule has 6 N–H and O–H groups in total. The van der Waals surface area contributed by atoms with Crippen molar-refractivity contribution >= 4 is 16.5 Å². The van der Waals surface area contributed by atoms with Crippen LogP contribution in [0, 0.1) is 0 Å². The molecule has 1 fully saturated rings. The van der Waals surface area contributed by atoms with Crippen LogP contribution in [0.25, 0.3) is 10.8 Å². The number of ether oxygens (including phenoxy) is 1. The van der Waals surface area contributed by atoms with Crippen molar-refractivity contribution in [1.82, 2.24) is 9.78 Å². The molecule has 10 heteroatoms. The minimum atomic E-state index is -1.47. The van der Waals surface area contributed by atoms with Crippen LogP contribution in [0.2, 0.25) is 0 Å². The Morgan fingerprint density at radius 3 is 2.57 bits per heavy atom. The molecule has 1 saturated heterocycles. The minimum absolute atomic E-state index is 0. The summed E-state index contributed by atoms with van der Waals surface area (Å²) >= 11 is 0. The number of anilines is 1. The zero-order chi connectivity index (χ0) is 16.0. The quantitative estimate of drug-likeness (QED) is 0.272.